The summed E-state index contributed by atoms with van der Waals surface area (Å²) in [5, 5.41) is 0. The van der Waals surface area contributed by atoms with Crippen molar-refractivity contribution in [1.82, 2.24) is 0 Å². The van der Waals surface area contributed by atoms with E-state index in [1.807, 2.05) is 0 Å². The van der Waals surface area contributed by atoms with Crippen LogP contribution in [0.4, 0.5) is 0 Å². The van der Waals surface area contributed by atoms with Crippen LogP contribution in [0.3, 0.4) is 0 Å². The molecule has 0 saturated heterocycles. The number of benzene rings is 4. The maximum absolute atomic E-state index is 13.0. The largest absolute Gasteiger partial charge is 1.00 e. The van der Waals surface area contributed by atoms with Gasteiger partial charge in [0.1, 0.15) is 34.5 Å². The molecule has 0 aliphatic carbocycles. The summed E-state index contributed by atoms with van der Waals surface area (Å²) in [7, 11) is 1.03. The third-order valence-electron chi connectivity index (χ3n) is 5.97. The van der Waals surface area contributed by atoms with Gasteiger partial charge in [0.15, 0.2) is 11.6 Å². The average molecular weight is 600 g/mol. The van der Waals surface area contributed by atoms with Crippen LogP contribution < -0.4 is 62.4 Å². The summed E-state index contributed by atoms with van der Waals surface area (Å²) in [4.78, 5) is 38.4. The number of ether oxygens (including phenoxy) is 4. The molecule has 0 unspecified atom stereocenters. The standard InChI is InChI=1S/C30H27O10P.Na/c1-35-23-13-15-25(27(17-23)37-3)29(31)19-5-9-21(10-6-19)39-41(33,34)40-22-11-7-20(8-12-22)30(32)26-16-14-24(36-2)18-28(26)38-4;/h5-18H,1-4H3,(H,33,34);/q;+1/p-1. The molecule has 0 radical (unpaired) electrons. The van der Waals surface area contributed by atoms with Gasteiger partial charge in [0.25, 0.3) is 0 Å². The van der Waals surface area contributed by atoms with Crippen molar-refractivity contribution in [3.05, 3.63) is 107 Å². The molecule has 0 amide bonds. The van der Waals surface area contributed by atoms with Crippen LogP contribution in [0, 0.1) is 0 Å². The Morgan fingerprint density at radius 3 is 1.19 bits per heavy atom. The van der Waals surface area contributed by atoms with Crippen molar-refractivity contribution in [2.24, 2.45) is 0 Å². The zero-order valence-corrected chi connectivity index (χ0v) is 26.5. The number of carbonyl (C=O) groups is 2. The molecule has 10 nitrogen and oxygen atoms in total. The van der Waals surface area contributed by atoms with E-state index in [9.17, 15) is 19.0 Å². The number of phosphoric ester groups is 1. The summed E-state index contributed by atoms with van der Waals surface area (Å²) in [5.74, 6) is 0.962. The second kappa shape index (κ2) is 14.4. The third-order valence-corrected chi connectivity index (χ3v) is 6.84. The van der Waals surface area contributed by atoms with Crippen LogP contribution in [0.2, 0.25) is 0 Å². The zero-order valence-electron chi connectivity index (χ0n) is 23.6. The third kappa shape index (κ3) is 7.73. The fourth-order valence-electron chi connectivity index (χ4n) is 3.89. The van der Waals surface area contributed by atoms with Crippen LogP contribution in [0.15, 0.2) is 84.9 Å². The first-order valence-electron chi connectivity index (χ1n) is 12.1. The molecule has 0 heterocycles. The molecule has 4 aromatic rings. The molecule has 0 fully saturated rings. The van der Waals surface area contributed by atoms with E-state index in [1.54, 1.807) is 36.4 Å². The molecule has 0 aliphatic heterocycles. The van der Waals surface area contributed by atoms with Crippen LogP contribution in [-0.4, -0.2) is 40.0 Å². The Hall–Kier alpha value is -3.79. The Labute approximate surface area is 265 Å². The van der Waals surface area contributed by atoms with Crippen LogP contribution in [0.1, 0.15) is 31.8 Å². The van der Waals surface area contributed by atoms with Gasteiger partial charge in [-0.2, -0.15) is 0 Å². The second-order valence-electron chi connectivity index (χ2n) is 8.47. The van der Waals surface area contributed by atoms with Crippen molar-refractivity contribution < 1.29 is 76.6 Å². The topological polar surface area (TPSA) is 130 Å². The van der Waals surface area contributed by atoms with Gasteiger partial charge in [-0.15, -0.1) is 0 Å². The summed E-state index contributed by atoms with van der Waals surface area (Å²) < 4.78 is 43.5. The molecule has 0 saturated carbocycles. The van der Waals surface area contributed by atoms with Crippen molar-refractivity contribution in [3.8, 4) is 34.5 Å². The molecular weight excluding hydrogens is 574 g/mol. The van der Waals surface area contributed by atoms with Crippen LogP contribution in [0.5, 0.6) is 34.5 Å². The van der Waals surface area contributed by atoms with E-state index >= 15 is 0 Å². The van der Waals surface area contributed by atoms with Gasteiger partial charge in [0.05, 0.1) is 39.6 Å². The minimum absolute atomic E-state index is 0. The minimum atomic E-state index is -4.86. The molecule has 12 heteroatoms. The first-order valence-corrected chi connectivity index (χ1v) is 13.6. The van der Waals surface area contributed by atoms with Gasteiger partial charge < -0.3 is 32.9 Å². The number of rotatable bonds is 12. The predicted octanol–water partition coefficient (Wildman–Crippen LogP) is 2.11. The number of ketones is 2. The van der Waals surface area contributed by atoms with Crippen LogP contribution >= 0.6 is 7.82 Å². The van der Waals surface area contributed by atoms with Crippen molar-refractivity contribution in [3.63, 3.8) is 0 Å². The zero-order chi connectivity index (χ0) is 29.6. The number of hydrogen-bond donors (Lipinski definition) is 0. The fraction of sp³-hybridized carbons (Fsp3) is 0.133. The molecule has 212 valence electrons. The van der Waals surface area contributed by atoms with Gasteiger partial charge in [-0.1, -0.05) is 0 Å². The van der Waals surface area contributed by atoms with E-state index < -0.39 is 7.82 Å². The average Bonchev–Trinajstić information content (AvgIpc) is 3.00. The van der Waals surface area contributed by atoms with Crippen molar-refractivity contribution >= 4 is 19.4 Å². The van der Waals surface area contributed by atoms with Crippen LogP contribution in [0.25, 0.3) is 0 Å². The molecule has 4 rings (SSSR count). The van der Waals surface area contributed by atoms with E-state index in [1.165, 1.54) is 77.0 Å². The predicted molar refractivity (Wildman–Crippen MR) is 148 cm³/mol. The monoisotopic (exact) mass is 600 g/mol. The van der Waals surface area contributed by atoms with Gasteiger partial charge in [0.2, 0.25) is 0 Å². The Bertz CT molecular complexity index is 1490. The number of carbonyl (C=O) groups excluding carboxylic acids is 2. The molecule has 0 N–H and O–H groups in total. The Morgan fingerprint density at radius 2 is 0.881 bits per heavy atom. The van der Waals surface area contributed by atoms with Crippen molar-refractivity contribution in [2.75, 3.05) is 28.4 Å². The molecule has 0 spiro atoms. The summed E-state index contributed by atoms with van der Waals surface area (Å²) in [6.45, 7) is 0. The van der Waals surface area contributed by atoms with E-state index in [0.29, 0.717) is 34.1 Å². The number of hydrogen-bond acceptors (Lipinski definition) is 10. The van der Waals surface area contributed by atoms with E-state index in [4.69, 9.17) is 28.0 Å². The maximum atomic E-state index is 13.0. The van der Waals surface area contributed by atoms with Gasteiger partial charge in [-0.25, -0.2) is 4.57 Å². The van der Waals surface area contributed by atoms with Crippen molar-refractivity contribution in [2.45, 2.75) is 0 Å². The molecular formula is C30H26NaO10P. The minimum Gasteiger partial charge on any atom is -0.736 e. The number of phosphoric acid groups is 1. The summed E-state index contributed by atoms with van der Waals surface area (Å²) in [6, 6.07) is 20.7. The normalized spacial score (nSPS) is 10.6. The molecule has 0 aromatic heterocycles. The second-order valence-corrected chi connectivity index (χ2v) is 9.73. The van der Waals surface area contributed by atoms with Gasteiger partial charge in [-0.3, -0.25) is 9.59 Å². The van der Waals surface area contributed by atoms with E-state index in [0.717, 1.165) is 0 Å². The number of methoxy groups -OCH3 is 4. The van der Waals surface area contributed by atoms with Gasteiger partial charge in [0, 0.05) is 23.3 Å². The van der Waals surface area contributed by atoms with Gasteiger partial charge >= 0.3 is 37.4 Å². The smallest absolute Gasteiger partial charge is 0.736 e. The first-order chi connectivity index (χ1) is 19.7. The van der Waals surface area contributed by atoms with E-state index in [2.05, 4.69) is 0 Å². The molecule has 0 aliphatic rings. The summed E-state index contributed by atoms with van der Waals surface area (Å²) in [6.07, 6.45) is 0. The van der Waals surface area contributed by atoms with Gasteiger partial charge in [-0.05, 0) is 72.8 Å². The quantitative estimate of drug-likeness (QED) is 0.135. The Balaban J connectivity index is 0.00000484. The Kier molecular flexibility index (Phi) is 11.2. The molecule has 0 atom stereocenters. The first kappa shape index (κ1) is 32.7. The Morgan fingerprint density at radius 1 is 0.548 bits per heavy atom. The summed E-state index contributed by atoms with van der Waals surface area (Å²) >= 11 is 0. The fourth-order valence-corrected chi connectivity index (χ4v) is 4.69. The SMILES string of the molecule is COc1ccc(C(=O)c2ccc(OP(=O)([O-])Oc3ccc(C(=O)c4ccc(OC)cc4OC)cc3)cc2)c(OC)c1.[Na+]. The summed E-state index contributed by atoms with van der Waals surface area (Å²) in [5.41, 5.74) is 1.20. The molecule has 4 aromatic carbocycles. The van der Waals surface area contributed by atoms with E-state index in [-0.39, 0.29) is 63.7 Å². The molecule has 0 bridgehead atoms. The molecule has 42 heavy (non-hydrogen) atoms. The van der Waals surface area contributed by atoms with Crippen LogP contribution in [-0.2, 0) is 4.57 Å². The van der Waals surface area contributed by atoms with Crippen molar-refractivity contribution in [1.29, 1.82) is 0 Å². The maximum Gasteiger partial charge on any atom is 1.00 e.